The average Bonchev–Trinajstić information content (AvgIpc) is 2.76. The first-order valence-electron chi connectivity index (χ1n) is 9.01. The Morgan fingerprint density at radius 1 is 1.29 bits per heavy atom. The molecule has 162 valence electrons. The number of amides is 2. The molecule has 0 saturated carbocycles. The quantitative estimate of drug-likeness (QED) is 0.188. The number of thioether (sulfide) groups is 1. The van der Waals surface area contributed by atoms with E-state index in [1.54, 1.807) is 18.2 Å². The lowest BCUT2D eigenvalue weighted by Crippen LogP contribution is -2.71. The molecule has 2 heterocycles. The largest absolute Gasteiger partial charge is 0.477 e. The van der Waals surface area contributed by atoms with Crippen LogP contribution in [0.15, 0.2) is 46.8 Å². The van der Waals surface area contributed by atoms with Gasteiger partial charge in [-0.05, 0) is 5.18 Å². The van der Waals surface area contributed by atoms with Gasteiger partial charge >= 0.3 is 11.9 Å². The smallest absolute Gasteiger partial charge is 0.352 e. The highest BCUT2D eigenvalue weighted by Gasteiger charge is 2.54. The minimum atomic E-state index is -1.88. The van der Waals surface area contributed by atoms with Gasteiger partial charge in [0.1, 0.15) is 23.7 Å². The number of benzene rings is 1. The molecule has 1 unspecified atom stereocenters. The van der Waals surface area contributed by atoms with Crippen molar-refractivity contribution < 1.29 is 33.8 Å². The molecule has 11 nitrogen and oxygen atoms in total. The molecule has 3 rings (SSSR count). The number of nitrogens with one attached hydrogen (secondary N) is 1. The first-order chi connectivity index (χ1) is 14.8. The molecule has 1 aromatic carbocycles. The van der Waals surface area contributed by atoms with Gasteiger partial charge < -0.3 is 15.2 Å². The normalized spacial score (nSPS) is 20.8. The van der Waals surface area contributed by atoms with E-state index in [0.29, 0.717) is 0 Å². The third-order valence-electron chi connectivity index (χ3n) is 4.66. The van der Waals surface area contributed by atoms with Crippen LogP contribution in [0.1, 0.15) is 17.3 Å². The van der Waals surface area contributed by atoms with Crippen molar-refractivity contribution in [2.75, 3.05) is 12.4 Å². The number of Topliss-reactive ketones (excluding diaryl/α,β-unsaturated/α-hetero) is 1. The number of rotatable bonds is 8. The second kappa shape index (κ2) is 9.08. The Morgan fingerprint density at radius 3 is 2.55 bits per heavy atom. The minimum Gasteiger partial charge on any atom is -0.477 e. The van der Waals surface area contributed by atoms with Crippen LogP contribution in [0.25, 0.3) is 0 Å². The van der Waals surface area contributed by atoms with Crippen LogP contribution in [-0.2, 0) is 23.9 Å². The fourth-order valence-corrected chi connectivity index (χ4v) is 4.52. The molecule has 0 spiro atoms. The maximum Gasteiger partial charge on any atom is 0.352 e. The van der Waals surface area contributed by atoms with Gasteiger partial charge in [0.2, 0.25) is 11.8 Å². The predicted octanol–water partition coefficient (Wildman–Crippen LogP) is 0.306. The van der Waals surface area contributed by atoms with Gasteiger partial charge in [0.05, 0.1) is 0 Å². The number of carboxylic acids is 1. The third-order valence-corrected chi connectivity index (χ3v) is 6.00. The van der Waals surface area contributed by atoms with E-state index >= 15 is 0 Å². The molecule has 2 aliphatic heterocycles. The Morgan fingerprint density at radius 2 is 1.97 bits per heavy atom. The molecule has 2 aliphatic rings. The lowest BCUT2D eigenvalue weighted by atomic mass is 10.0. The zero-order chi connectivity index (χ0) is 22.7. The second-order valence-corrected chi connectivity index (χ2v) is 7.78. The van der Waals surface area contributed by atoms with Gasteiger partial charge in [0, 0.05) is 23.8 Å². The number of nitroso groups, excluding NO2 is 1. The number of aliphatic carboxylic acids is 1. The molecular formula is C19H17N3O8S. The molecule has 1 fully saturated rings. The lowest BCUT2D eigenvalue weighted by molar-refractivity contribution is -0.151. The summed E-state index contributed by atoms with van der Waals surface area (Å²) < 4.78 is 4.84. The zero-order valence-electron chi connectivity index (χ0n) is 16.1. The van der Waals surface area contributed by atoms with E-state index in [-0.39, 0.29) is 29.2 Å². The Hall–Kier alpha value is -3.54. The minimum absolute atomic E-state index is 0.113. The summed E-state index contributed by atoms with van der Waals surface area (Å²) in [5, 5.41) is 13.7. The number of carboxylic acid groups (broad SMARTS) is 1. The number of esters is 1. The average molecular weight is 447 g/mol. The maximum absolute atomic E-state index is 12.6. The summed E-state index contributed by atoms with van der Waals surface area (Å²) in [7, 11) is 0. The summed E-state index contributed by atoms with van der Waals surface area (Å²) in [6, 6.07) is 4.62. The molecule has 0 aliphatic carbocycles. The van der Waals surface area contributed by atoms with Crippen molar-refractivity contribution in [3.8, 4) is 0 Å². The van der Waals surface area contributed by atoms with E-state index in [9.17, 15) is 34.0 Å². The van der Waals surface area contributed by atoms with Crippen molar-refractivity contribution in [3.05, 3.63) is 52.1 Å². The third kappa shape index (κ3) is 4.33. The van der Waals surface area contributed by atoms with Gasteiger partial charge in [-0.3, -0.25) is 24.1 Å². The first-order valence-corrected chi connectivity index (χ1v) is 10.1. The monoisotopic (exact) mass is 447 g/mol. The van der Waals surface area contributed by atoms with Crippen molar-refractivity contribution in [1.82, 2.24) is 10.2 Å². The Bertz CT molecular complexity index is 993. The van der Waals surface area contributed by atoms with E-state index in [0.717, 1.165) is 16.7 Å². The van der Waals surface area contributed by atoms with Gasteiger partial charge in [0.15, 0.2) is 0 Å². The number of nitrogens with zero attached hydrogens (tertiary/aromatic N) is 2. The molecular weight excluding hydrogens is 430 g/mol. The Balaban J connectivity index is 1.74. The van der Waals surface area contributed by atoms with Crippen molar-refractivity contribution in [1.29, 1.82) is 0 Å². The number of β-lactam (4-membered cyclic amide) rings is 1. The molecule has 2 amide bonds. The Labute approximate surface area is 179 Å². The van der Waals surface area contributed by atoms with Crippen molar-refractivity contribution in [2.24, 2.45) is 5.18 Å². The lowest BCUT2D eigenvalue weighted by Gasteiger charge is -2.49. The fraction of sp³-hybridized carbons (Fsp3) is 0.316. The van der Waals surface area contributed by atoms with Gasteiger partial charge in [-0.2, -0.15) is 0 Å². The van der Waals surface area contributed by atoms with Crippen LogP contribution >= 0.6 is 11.8 Å². The highest BCUT2D eigenvalue weighted by atomic mass is 32.2. The first kappa shape index (κ1) is 22.2. The molecule has 12 heteroatoms. The molecule has 3 atom stereocenters. The van der Waals surface area contributed by atoms with Crippen molar-refractivity contribution in [2.45, 2.75) is 24.4 Å². The van der Waals surface area contributed by atoms with Crippen LogP contribution in [0, 0.1) is 4.91 Å². The van der Waals surface area contributed by atoms with Crippen molar-refractivity contribution >= 4 is 41.3 Å². The van der Waals surface area contributed by atoms with Crippen LogP contribution < -0.4 is 5.32 Å². The van der Waals surface area contributed by atoms with Gasteiger partial charge in [-0.15, -0.1) is 16.7 Å². The van der Waals surface area contributed by atoms with E-state index < -0.39 is 47.0 Å². The second-order valence-electron chi connectivity index (χ2n) is 6.67. The highest BCUT2D eigenvalue weighted by Crippen LogP contribution is 2.40. The molecule has 1 aromatic rings. The molecule has 2 N–H and O–H groups in total. The van der Waals surface area contributed by atoms with E-state index in [1.165, 1.54) is 19.1 Å². The van der Waals surface area contributed by atoms with Crippen molar-refractivity contribution in [3.63, 3.8) is 0 Å². The summed E-state index contributed by atoms with van der Waals surface area (Å²) in [6.07, 6.45) is 0. The summed E-state index contributed by atoms with van der Waals surface area (Å²) in [4.78, 5) is 72.3. The van der Waals surface area contributed by atoms with Crippen LogP contribution in [0.2, 0.25) is 0 Å². The summed E-state index contributed by atoms with van der Waals surface area (Å²) in [5.41, 5.74) is 0.0433. The van der Waals surface area contributed by atoms with Crippen LogP contribution in [-0.4, -0.2) is 69.4 Å². The van der Waals surface area contributed by atoms with E-state index in [1.807, 2.05) is 0 Å². The predicted molar refractivity (Wildman–Crippen MR) is 107 cm³/mol. The number of carbonyl (C=O) groups is 5. The zero-order valence-corrected chi connectivity index (χ0v) is 17.0. The SMILES string of the molecule is CC(=O)OCC1=C(C(=O)O)N2C(=O)[C@@H](NC(=O)C(N=O)C(=O)c3ccccc3)[C@@H]2SC1. The van der Waals surface area contributed by atoms with Crippen LogP contribution in [0.3, 0.4) is 0 Å². The fourth-order valence-electron chi connectivity index (χ4n) is 3.19. The topological polar surface area (TPSA) is 160 Å². The number of ether oxygens (including phenoxy) is 1. The van der Waals surface area contributed by atoms with Gasteiger partial charge in [-0.25, -0.2) is 4.79 Å². The number of hydrogen-bond acceptors (Lipinski definition) is 9. The summed E-state index contributed by atoms with van der Waals surface area (Å²) in [6.45, 7) is 0.897. The Kier molecular flexibility index (Phi) is 6.49. The summed E-state index contributed by atoms with van der Waals surface area (Å²) >= 11 is 1.16. The molecule has 1 saturated heterocycles. The molecule has 0 radical (unpaired) electrons. The maximum atomic E-state index is 12.6. The van der Waals surface area contributed by atoms with Gasteiger partial charge in [-0.1, -0.05) is 30.3 Å². The van der Waals surface area contributed by atoms with Crippen LogP contribution in [0.5, 0.6) is 0 Å². The molecule has 0 bridgehead atoms. The van der Waals surface area contributed by atoms with E-state index in [4.69, 9.17) is 4.74 Å². The summed E-state index contributed by atoms with van der Waals surface area (Å²) in [5.74, 6) is -4.41. The van der Waals surface area contributed by atoms with Crippen LogP contribution in [0.4, 0.5) is 0 Å². The standard InChI is InChI=1S/C19H17N3O8S/c1-9(23)30-7-11-8-31-18-13(17(26)22(18)14(11)19(27)28)20-16(25)12(21-29)15(24)10-5-3-2-4-6-10/h2-6,12-13,18H,7-8H2,1H3,(H,20,25)(H,27,28)/t12?,13-,18+/m1/s1. The molecule has 0 aromatic heterocycles. The number of carbonyl (C=O) groups excluding carboxylic acids is 4. The highest BCUT2D eigenvalue weighted by molar-refractivity contribution is 8.00. The molecule has 31 heavy (non-hydrogen) atoms. The number of ketones is 1. The number of fused-ring (bicyclic) bond motifs is 1. The van der Waals surface area contributed by atoms with E-state index in [2.05, 4.69) is 10.5 Å². The number of hydrogen-bond donors (Lipinski definition) is 2. The van der Waals surface area contributed by atoms with Gasteiger partial charge in [0.25, 0.3) is 11.8 Å².